The van der Waals surface area contributed by atoms with Gasteiger partial charge < -0.3 is 15.0 Å². The second-order valence-electron chi connectivity index (χ2n) is 5.69. The van der Waals surface area contributed by atoms with Crippen LogP contribution in [0.25, 0.3) is 0 Å². The number of rotatable bonds is 3. The van der Waals surface area contributed by atoms with Gasteiger partial charge in [0.2, 0.25) is 0 Å². The van der Waals surface area contributed by atoms with Crippen LogP contribution in [0.1, 0.15) is 30.9 Å². The van der Waals surface area contributed by atoms with Crippen LogP contribution in [0.5, 0.6) is 0 Å². The van der Waals surface area contributed by atoms with E-state index in [1.165, 1.54) is 0 Å². The van der Waals surface area contributed by atoms with Crippen molar-refractivity contribution >= 4 is 17.7 Å². The third kappa shape index (κ3) is 3.78. The lowest BCUT2D eigenvalue weighted by Crippen LogP contribution is -2.42. The number of carbonyl (C=O) groups is 2. The summed E-state index contributed by atoms with van der Waals surface area (Å²) < 4.78 is 5.04. The molecule has 22 heavy (non-hydrogen) atoms. The second-order valence-corrected chi connectivity index (χ2v) is 5.69. The number of nitrogens with zero attached hydrogens (tertiary/aromatic N) is 1. The van der Waals surface area contributed by atoms with Gasteiger partial charge in [0.15, 0.2) is 0 Å². The van der Waals surface area contributed by atoms with Crippen LogP contribution in [0.2, 0.25) is 0 Å². The Bertz CT molecular complexity index is 549. The van der Waals surface area contributed by atoms with Crippen molar-refractivity contribution in [1.82, 2.24) is 4.90 Å². The van der Waals surface area contributed by atoms with Crippen LogP contribution < -0.4 is 5.32 Å². The average Bonchev–Trinajstić information content (AvgIpc) is 2.52. The SMILES string of the molecule is CCOC(=O)C1CCN(C(=O)Nc2cccc(C)c2C)CC1. The fourth-order valence-electron chi connectivity index (χ4n) is 2.66. The lowest BCUT2D eigenvalue weighted by Gasteiger charge is -2.31. The normalized spacial score (nSPS) is 15.5. The maximum Gasteiger partial charge on any atom is 0.321 e. The van der Waals surface area contributed by atoms with Crippen molar-refractivity contribution in [2.24, 2.45) is 5.92 Å². The summed E-state index contributed by atoms with van der Waals surface area (Å²) in [7, 11) is 0. The van der Waals surface area contributed by atoms with Gasteiger partial charge in [0.25, 0.3) is 0 Å². The summed E-state index contributed by atoms with van der Waals surface area (Å²) in [6.45, 7) is 7.41. The van der Waals surface area contributed by atoms with Gasteiger partial charge in [-0.05, 0) is 50.8 Å². The summed E-state index contributed by atoms with van der Waals surface area (Å²) in [5, 5.41) is 2.96. The first-order valence-electron chi connectivity index (χ1n) is 7.81. The molecule has 1 saturated heterocycles. The van der Waals surface area contributed by atoms with Gasteiger partial charge in [-0.2, -0.15) is 0 Å². The molecular formula is C17H24N2O3. The minimum atomic E-state index is -0.142. The first-order valence-corrected chi connectivity index (χ1v) is 7.81. The number of benzene rings is 1. The summed E-state index contributed by atoms with van der Waals surface area (Å²) in [5.74, 6) is -0.221. The molecule has 0 radical (unpaired) electrons. The number of esters is 1. The van der Waals surface area contributed by atoms with Crippen molar-refractivity contribution in [3.05, 3.63) is 29.3 Å². The van der Waals surface area contributed by atoms with Crippen LogP contribution in [0.3, 0.4) is 0 Å². The van der Waals surface area contributed by atoms with Gasteiger partial charge in [-0.3, -0.25) is 4.79 Å². The molecule has 1 aromatic carbocycles. The summed E-state index contributed by atoms with van der Waals surface area (Å²) >= 11 is 0. The summed E-state index contributed by atoms with van der Waals surface area (Å²) in [6, 6.07) is 5.77. The number of urea groups is 1. The highest BCUT2D eigenvalue weighted by molar-refractivity contribution is 5.90. The van der Waals surface area contributed by atoms with Gasteiger partial charge in [-0.1, -0.05) is 12.1 Å². The Morgan fingerprint density at radius 2 is 1.95 bits per heavy atom. The maximum atomic E-state index is 12.3. The highest BCUT2D eigenvalue weighted by atomic mass is 16.5. The Kier molecular flexibility index (Phi) is 5.41. The Balaban J connectivity index is 1.90. The molecule has 1 aliphatic heterocycles. The number of hydrogen-bond donors (Lipinski definition) is 1. The number of piperidine rings is 1. The van der Waals surface area contributed by atoms with E-state index in [4.69, 9.17) is 4.74 Å². The predicted molar refractivity (Wildman–Crippen MR) is 85.9 cm³/mol. The number of aryl methyl sites for hydroxylation is 1. The van der Waals surface area contributed by atoms with E-state index in [1.54, 1.807) is 4.90 Å². The molecular weight excluding hydrogens is 280 g/mol. The van der Waals surface area contributed by atoms with Gasteiger partial charge in [-0.15, -0.1) is 0 Å². The molecule has 1 aromatic rings. The Morgan fingerprint density at radius 3 is 2.59 bits per heavy atom. The van der Waals surface area contributed by atoms with Crippen LogP contribution in [0.4, 0.5) is 10.5 Å². The summed E-state index contributed by atoms with van der Waals surface area (Å²) in [6.07, 6.45) is 1.33. The maximum absolute atomic E-state index is 12.3. The van der Waals surface area contributed by atoms with Crippen molar-refractivity contribution < 1.29 is 14.3 Å². The number of ether oxygens (including phenoxy) is 1. The first kappa shape index (κ1) is 16.3. The molecule has 120 valence electrons. The summed E-state index contributed by atoms with van der Waals surface area (Å²) in [5.41, 5.74) is 3.08. The van der Waals surface area contributed by atoms with E-state index in [9.17, 15) is 9.59 Å². The third-order valence-electron chi connectivity index (χ3n) is 4.25. The van der Waals surface area contributed by atoms with E-state index >= 15 is 0 Å². The van der Waals surface area contributed by atoms with Gasteiger partial charge in [0.05, 0.1) is 12.5 Å². The molecule has 0 bridgehead atoms. The van der Waals surface area contributed by atoms with Crippen molar-refractivity contribution in [2.45, 2.75) is 33.6 Å². The first-order chi connectivity index (χ1) is 10.5. The van der Waals surface area contributed by atoms with Crippen LogP contribution in [-0.4, -0.2) is 36.6 Å². The van der Waals surface area contributed by atoms with Crippen molar-refractivity contribution in [2.75, 3.05) is 25.0 Å². The number of hydrogen-bond acceptors (Lipinski definition) is 3. The molecule has 1 N–H and O–H groups in total. The monoisotopic (exact) mass is 304 g/mol. The largest absolute Gasteiger partial charge is 0.466 e. The second kappa shape index (κ2) is 7.29. The number of amides is 2. The van der Waals surface area contributed by atoms with E-state index < -0.39 is 0 Å². The van der Waals surface area contributed by atoms with E-state index in [0.717, 1.165) is 16.8 Å². The standard InChI is InChI=1S/C17H24N2O3/c1-4-22-16(20)14-8-10-19(11-9-14)17(21)18-15-7-5-6-12(2)13(15)3/h5-7,14H,4,8-11H2,1-3H3,(H,18,21). The van der Waals surface area contributed by atoms with Crippen LogP contribution in [-0.2, 0) is 9.53 Å². The smallest absolute Gasteiger partial charge is 0.321 e. The molecule has 0 unspecified atom stereocenters. The minimum Gasteiger partial charge on any atom is -0.466 e. The highest BCUT2D eigenvalue weighted by Crippen LogP contribution is 2.21. The van der Waals surface area contributed by atoms with E-state index in [-0.39, 0.29) is 17.9 Å². The Labute approximate surface area is 131 Å². The topological polar surface area (TPSA) is 58.6 Å². The van der Waals surface area contributed by atoms with Crippen molar-refractivity contribution in [3.8, 4) is 0 Å². The molecule has 0 aliphatic carbocycles. The lowest BCUT2D eigenvalue weighted by molar-refractivity contribution is -0.149. The highest BCUT2D eigenvalue weighted by Gasteiger charge is 2.28. The van der Waals surface area contributed by atoms with E-state index in [2.05, 4.69) is 5.32 Å². The Hall–Kier alpha value is -2.04. The zero-order chi connectivity index (χ0) is 16.1. The number of anilines is 1. The van der Waals surface area contributed by atoms with Crippen LogP contribution in [0.15, 0.2) is 18.2 Å². The van der Waals surface area contributed by atoms with Crippen LogP contribution in [0, 0.1) is 19.8 Å². The molecule has 1 fully saturated rings. The fraction of sp³-hybridized carbons (Fsp3) is 0.529. The zero-order valence-electron chi connectivity index (χ0n) is 13.5. The molecule has 2 rings (SSSR count). The quantitative estimate of drug-likeness (QED) is 0.873. The van der Waals surface area contributed by atoms with Gasteiger partial charge in [0, 0.05) is 18.8 Å². The lowest BCUT2D eigenvalue weighted by atomic mass is 9.97. The van der Waals surface area contributed by atoms with Crippen molar-refractivity contribution in [3.63, 3.8) is 0 Å². The van der Waals surface area contributed by atoms with E-state index in [0.29, 0.717) is 32.5 Å². The molecule has 5 nitrogen and oxygen atoms in total. The van der Waals surface area contributed by atoms with Crippen LogP contribution >= 0.6 is 0 Å². The van der Waals surface area contributed by atoms with Gasteiger partial charge >= 0.3 is 12.0 Å². The van der Waals surface area contributed by atoms with Gasteiger partial charge in [-0.25, -0.2) is 4.79 Å². The molecule has 2 amide bonds. The minimum absolute atomic E-state index is 0.0790. The van der Waals surface area contributed by atoms with Crippen molar-refractivity contribution in [1.29, 1.82) is 0 Å². The van der Waals surface area contributed by atoms with Gasteiger partial charge in [0.1, 0.15) is 0 Å². The molecule has 0 spiro atoms. The Morgan fingerprint density at radius 1 is 1.27 bits per heavy atom. The number of carbonyl (C=O) groups excluding carboxylic acids is 2. The third-order valence-corrected chi connectivity index (χ3v) is 4.25. The molecule has 0 atom stereocenters. The average molecular weight is 304 g/mol. The molecule has 0 saturated carbocycles. The molecule has 5 heteroatoms. The molecule has 1 heterocycles. The molecule has 0 aromatic heterocycles. The fourth-order valence-corrected chi connectivity index (χ4v) is 2.66. The van der Waals surface area contributed by atoms with E-state index in [1.807, 2.05) is 39.0 Å². The predicted octanol–water partition coefficient (Wildman–Crippen LogP) is 3.11. The number of nitrogens with one attached hydrogen (secondary N) is 1. The summed E-state index contributed by atoms with van der Waals surface area (Å²) in [4.78, 5) is 25.8. The zero-order valence-corrected chi connectivity index (χ0v) is 13.5. The number of likely N-dealkylation sites (tertiary alicyclic amines) is 1. The molecule has 1 aliphatic rings.